The molecular formula is C39H18BF15O3. The van der Waals surface area contributed by atoms with Gasteiger partial charge in [0.1, 0.15) is 17.2 Å². The summed E-state index contributed by atoms with van der Waals surface area (Å²) < 4.78 is 233. The Balaban J connectivity index is 1.50. The van der Waals surface area contributed by atoms with E-state index in [-0.39, 0.29) is 16.7 Å². The highest BCUT2D eigenvalue weighted by molar-refractivity contribution is 6.39. The van der Waals surface area contributed by atoms with E-state index in [4.69, 9.17) is 14.0 Å². The topological polar surface area (TPSA) is 27.7 Å². The summed E-state index contributed by atoms with van der Waals surface area (Å²) in [5.41, 5.74) is -6.97. The second-order valence-corrected chi connectivity index (χ2v) is 12.3. The maximum absolute atomic E-state index is 14.9. The normalized spacial score (nSPS) is 11.3. The van der Waals surface area contributed by atoms with Crippen molar-refractivity contribution in [1.29, 1.82) is 0 Å². The van der Waals surface area contributed by atoms with Gasteiger partial charge in [-0.1, -0.05) is 36.4 Å². The Morgan fingerprint density at radius 3 is 0.690 bits per heavy atom. The Morgan fingerprint density at radius 1 is 0.293 bits per heavy atom. The van der Waals surface area contributed by atoms with Crippen LogP contribution in [0.4, 0.5) is 65.9 Å². The van der Waals surface area contributed by atoms with Gasteiger partial charge < -0.3 is 14.0 Å². The summed E-state index contributed by atoms with van der Waals surface area (Å²) in [6, 6.07) is 9.22. The highest BCUT2D eigenvalue weighted by atomic mass is 19.2. The molecule has 0 aromatic heterocycles. The van der Waals surface area contributed by atoms with E-state index < -0.39 is 145 Å². The fourth-order valence-corrected chi connectivity index (χ4v) is 5.95. The largest absolute Gasteiger partial charge is 0.864 e. The standard InChI is InChI=1S/C39H18BF15O3/c1-13-16(22-25(41)31(47)37(53)32(48)26(22)42)7-4-10-19(13)56-40(57-20-11-5-8-17(14(20)2)23-27(43)33(49)38(54)34(50)28(23)44)58-21-12-6-9-18(15(21)3)24-29(45)35(51)39(55)36(52)30(24)46/h4-12H,1-3H3. The van der Waals surface area contributed by atoms with Crippen LogP contribution in [0.1, 0.15) is 16.7 Å². The summed E-state index contributed by atoms with van der Waals surface area (Å²) in [6.45, 7) is 3.30. The zero-order valence-electron chi connectivity index (χ0n) is 29.2. The van der Waals surface area contributed by atoms with Crippen LogP contribution in [0, 0.1) is 108 Å². The molecule has 0 atom stereocenters. The van der Waals surface area contributed by atoms with Crippen molar-refractivity contribution in [2.45, 2.75) is 20.8 Å². The van der Waals surface area contributed by atoms with Gasteiger partial charge >= 0.3 is 7.32 Å². The number of benzene rings is 6. The Bertz CT molecular complexity index is 2300. The lowest BCUT2D eigenvalue weighted by Crippen LogP contribution is -2.37. The molecule has 6 aromatic carbocycles. The summed E-state index contributed by atoms with van der Waals surface area (Å²) >= 11 is 0. The van der Waals surface area contributed by atoms with Gasteiger partial charge in [0.15, 0.2) is 69.8 Å². The van der Waals surface area contributed by atoms with E-state index in [9.17, 15) is 65.9 Å². The van der Waals surface area contributed by atoms with Crippen LogP contribution in [-0.4, -0.2) is 7.32 Å². The number of halogens is 15. The fraction of sp³-hybridized carbons (Fsp3) is 0.0769. The van der Waals surface area contributed by atoms with Crippen molar-refractivity contribution in [2.24, 2.45) is 0 Å². The zero-order valence-corrected chi connectivity index (χ0v) is 29.2. The molecule has 0 unspecified atom stereocenters. The summed E-state index contributed by atoms with van der Waals surface area (Å²) in [7, 11) is -2.28. The molecule has 0 fully saturated rings. The molecule has 0 aliphatic rings. The number of rotatable bonds is 9. The second-order valence-electron chi connectivity index (χ2n) is 12.3. The van der Waals surface area contributed by atoms with Crippen molar-refractivity contribution < 1.29 is 79.8 Å². The third-order valence-corrected chi connectivity index (χ3v) is 8.96. The fourth-order valence-electron chi connectivity index (χ4n) is 5.95. The minimum absolute atomic E-state index is 0.332. The van der Waals surface area contributed by atoms with Crippen LogP contribution in [0.2, 0.25) is 0 Å². The van der Waals surface area contributed by atoms with E-state index in [1.54, 1.807) is 0 Å². The molecule has 0 amide bonds. The average molecular weight is 830 g/mol. The maximum Gasteiger partial charge on any atom is 0.864 e. The molecule has 300 valence electrons. The van der Waals surface area contributed by atoms with Crippen LogP contribution >= 0.6 is 0 Å². The molecule has 6 aromatic rings. The highest BCUT2D eigenvalue weighted by Gasteiger charge is 2.36. The lowest BCUT2D eigenvalue weighted by atomic mass is 9.96. The molecule has 0 saturated heterocycles. The van der Waals surface area contributed by atoms with Crippen molar-refractivity contribution in [2.75, 3.05) is 0 Å². The molecule has 6 rings (SSSR count). The zero-order chi connectivity index (χ0) is 42.7. The van der Waals surface area contributed by atoms with Crippen molar-refractivity contribution >= 4 is 7.32 Å². The van der Waals surface area contributed by atoms with E-state index in [2.05, 4.69) is 0 Å². The Morgan fingerprint density at radius 2 is 0.483 bits per heavy atom. The van der Waals surface area contributed by atoms with Gasteiger partial charge in [-0.2, -0.15) is 0 Å². The van der Waals surface area contributed by atoms with Gasteiger partial charge in [0.2, 0.25) is 17.5 Å². The first kappa shape index (κ1) is 41.4. The lowest BCUT2D eigenvalue weighted by Gasteiger charge is -2.22. The first-order valence-corrected chi connectivity index (χ1v) is 16.1. The summed E-state index contributed by atoms with van der Waals surface area (Å²) in [5, 5.41) is 0. The van der Waals surface area contributed by atoms with Gasteiger partial charge in [-0.05, 0) is 72.4 Å². The number of hydrogen-bond acceptors (Lipinski definition) is 3. The van der Waals surface area contributed by atoms with E-state index in [0.29, 0.717) is 0 Å². The molecule has 0 bridgehead atoms. The Hall–Kier alpha value is -6.27. The summed E-state index contributed by atoms with van der Waals surface area (Å²) in [4.78, 5) is 0. The predicted octanol–water partition coefficient (Wildman–Crippen LogP) is 12.2. The molecule has 19 heteroatoms. The van der Waals surface area contributed by atoms with Gasteiger partial charge in [0, 0.05) is 0 Å². The molecule has 58 heavy (non-hydrogen) atoms. The lowest BCUT2D eigenvalue weighted by molar-refractivity contribution is 0.305. The first-order valence-electron chi connectivity index (χ1n) is 16.1. The quantitative estimate of drug-likeness (QED) is 0.0629. The Labute approximate surface area is 317 Å². The molecule has 0 N–H and O–H groups in total. The molecular weight excluding hydrogens is 812 g/mol. The molecule has 0 radical (unpaired) electrons. The first-order chi connectivity index (χ1) is 27.3. The maximum atomic E-state index is 14.9. The molecule has 0 saturated carbocycles. The third kappa shape index (κ3) is 6.81. The van der Waals surface area contributed by atoms with Gasteiger partial charge in [0.25, 0.3) is 0 Å². The highest BCUT2D eigenvalue weighted by Crippen LogP contribution is 2.41. The minimum atomic E-state index is -2.45. The smallest absolute Gasteiger partial charge is 0.489 e. The van der Waals surface area contributed by atoms with Crippen molar-refractivity contribution in [3.8, 4) is 50.6 Å². The Kier molecular flexibility index (Phi) is 11.1. The van der Waals surface area contributed by atoms with Crippen LogP contribution in [0.3, 0.4) is 0 Å². The van der Waals surface area contributed by atoms with Crippen LogP contribution in [0.15, 0.2) is 54.6 Å². The molecule has 0 heterocycles. The van der Waals surface area contributed by atoms with Crippen LogP contribution in [-0.2, 0) is 0 Å². The summed E-state index contributed by atoms with van der Waals surface area (Å²) in [6.07, 6.45) is 0. The number of hydrogen-bond donors (Lipinski definition) is 0. The van der Waals surface area contributed by atoms with Crippen LogP contribution in [0.25, 0.3) is 33.4 Å². The minimum Gasteiger partial charge on any atom is -0.489 e. The SMILES string of the molecule is Cc1c(OB(Oc2cccc(-c3c(F)c(F)c(F)c(F)c3F)c2C)Oc2cccc(-c3c(F)c(F)c(F)c(F)c3F)c2C)cccc1-c1c(F)c(F)c(F)c(F)c1F. The van der Waals surface area contributed by atoms with Crippen LogP contribution in [0.5, 0.6) is 17.2 Å². The second kappa shape index (κ2) is 15.6. The van der Waals surface area contributed by atoms with E-state index in [1.807, 2.05) is 0 Å². The van der Waals surface area contributed by atoms with E-state index in [0.717, 1.165) is 75.4 Å². The molecule has 3 nitrogen and oxygen atoms in total. The van der Waals surface area contributed by atoms with Gasteiger partial charge in [-0.15, -0.1) is 0 Å². The molecule has 0 aliphatic carbocycles. The van der Waals surface area contributed by atoms with Gasteiger partial charge in [-0.3, -0.25) is 0 Å². The van der Waals surface area contributed by atoms with E-state index in [1.165, 1.54) is 0 Å². The molecule has 0 spiro atoms. The van der Waals surface area contributed by atoms with Crippen molar-refractivity contribution in [3.05, 3.63) is 159 Å². The van der Waals surface area contributed by atoms with Gasteiger partial charge in [0.05, 0.1) is 16.7 Å². The van der Waals surface area contributed by atoms with Crippen LogP contribution < -0.4 is 14.0 Å². The third-order valence-electron chi connectivity index (χ3n) is 8.96. The van der Waals surface area contributed by atoms with Gasteiger partial charge in [-0.25, -0.2) is 65.9 Å². The average Bonchev–Trinajstić information content (AvgIpc) is 3.20. The molecule has 0 aliphatic heterocycles. The van der Waals surface area contributed by atoms with Crippen molar-refractivity contribution in [1.82, 2.24) is 0 Å². The predicted molar refractivity (Wildman–Crippen MR) is 177 cm³/mol. The van der Waals surface area contributed by atoms with E-state index >= 15 is 0 Å². The van der Waals surface area contributed by atoms with Crippen molar-refractivity contribution in [3.63, 3.8) is 0 Å². The monoisotopic (exact) mass is 830 g/mol. The summed E-state index contributed by atoms with van der Waals surface area (Å²) in [5.74, 6) is -35.8.